The maximum absolute atomic E-state index is 11.3. The Kier molecular flexibility index (Phi) is 8.63. The number of oxazole rings is 1. The monoisotopic (exact) mass is 450 g/mol. The van der Waals surface area contributed by atoms with Gasteiger partial charge in [0.2, 0.25) is 5.89 Å². The van der Waals surface area contributed by atoms with Crippen LogP contribution in [0.1, 0.15) is 49.6 Å². The van der Waals surface area contributed by atoms with Gasteiger partial charge in [0.15, 0.2) is 0 Å². The highest BCUT2D eigenvalue weighted by Crippen LogP contribution is 2.25. The number of oxime groups is 1. The first-order valence-electron chi connectivity index (χ1n) is 11.1. The molecule has 0 aliphatic carbocycles. The Balaban J connectivity index is 1.63. The van der Waals surface area contributed by atoms with Crippen LogP contribution >= 0.6 is 0 Å². The zero-order chi connectivity index (χ0) is 23.6. The summed E-state index contributed by atoms with van der Waals surface area (Å²) in [5.41, 5.74) is 3.19. The highest BCUT2D eigenvalue weighted by molar-refractivity contribution is 6.01. The van der Waals surface area contributed by atoms with Crippen molar-refractivity contribution in [3.8, 4) is 17.2 Å². The Morgan fingerprint density at radius 1 is 1.15 bits per heavy atom. The first-order chi connectivity index (χ1) is 16.0. The molecule has 0 amide bonds. The van der Waals surface area contributed by atoms with Crippen LogP contribution in [0.2, 0.25) is 0 Å². The lowest BCUT2D eigenvalue weighted by molar-refractivity contribution is -0.135. The van der Waals surface area contributed by atoms with E-state index in [4.69, 9.17) is 14.0 Å². The number of hydrogen-bond acceptors (Lipinski definition) is 6. The molecule has 0 saturated heterocycles. The fraction of sp³-hybridized carbons (Fsp3) is 0.346. The molecule has 0 saturated carbocycles. The normalized spacial score (nSPS) is 12.4. The van der Waals surface area contributed by atoms with E-state index in [0.29, 0.717) is 37.0 Å². The van der Waals surface area contributed by atoms with Gasteiger partial charge in [-0.1, -0.05) is 49.3 Å². The highest BCUT2D eigenvalue weighted by Gasteiger charge is 2.18. The minimum absolute atomic E-state index is 0.175. The van der Waals surface area contributed by atoms with Gasteiger partial charge in [-0.05, 0) is 43.2 Å². The largest absolute Gasteiger partial charge is 0.493 e. The van der Waals surface area contributed by atoms with Crippen LogP contribution in [-0.4, -0.2) is 35.0 Å². The molecule has 33 heavy (non-hydrogen) atoms. The molecular weight excluding hydrogens is 420 g/mol. The van der Waals surface area contributed by atoms with Crippen molar-refractivity contribution in [1.29, 1.82) is 0 Å². The smallest absolute Gasteiger partial charge is 0.309 e. The molecule has 1 heterocycles. The number of rotatable bonds is 12. The van der Waals surface area contributed by atoms with E-state index >= 15 is 0 Å². The molecule has 1 aromatic heterocycles. The zero-order valence-electron chi connectivity index (χ0n) is 19.3. The van der Waals surface area contributed by atoms with Crippen molar-refractivity contribution in [2.75, 3.05) is 13.2 Å². The summed E-state index contributed by atoms with van der Waals surface area (Å²) >= 11 is 0. The van der Waals surface area contributed by atoms with Crippen LogP contribution in [0.5, 0.6) is 5.75 Å². The molecule has 0 bridgehead atoms. The first-order valence-corrected chi connectivity index (χ1v) is 11.1. The van der Waals surface area contributed by atoms with Crippen molar-refractivity contribution in [2.45, 2.75) is 46.0 Å². The number of aryl methyl sites for hydroxylation is 1. The second-order valence-corrected chi connectivity index (χ2v) is 7.77. The summed E-state index contributed by atoms with van der Waals surface area (Å²) in [6, 6.07) is 17.4. The predicted octanol–water partition coefficient (Wildman–Crippen LogP) is 5.63. The molecule has 0 radical (unpaired) electrons. The van der Waals surface area contributed by atoms with E-state index < -0.39 is 5.97 Å². The third-order valence-electron chi connectivity index (χ3n) is 5.19. The Labute approximate surface area is 194 Å². The molecule has 1 atom stereocenters. The molecule has 0 fully saturated rings. The van der Waals surface area contributed by atoms with E-state index in [-0.39, 0.29) is 12.3 Å². The second-order valence-electron chi connectivity index (χ2n) is 7.77. The van der Waals surface area contributed by atoms with E-state index in [0.717, 1.165) is 29.0 Å². The Bertz CT molecular complexity index is 1080. The maximum atomic E-state index is 11.3. The standard InChI is InChI=1S/C26H30N2O5/c1-4-14-32-28-24(17-25(29)30)18(2)21-11-8-12-22(16-21)31-15-13-23-19(3)33-26(27-23)20-9-6-5-7-10-20/h5-12,16,18H,4,13-15,17H2,1-3H3,(H,29,30). The van der Waals surface area contributed by atoms with Crippen LogP contribution in [0.4, 0.5) is 0 Å². The average molecular weight is 451 g/mol. The number of ether oxygens (including phenoxy) is 1. The molecule has 7 nitrogen and oxygen atoms in total. The number of aromatic nitrogens is 1. The fourth-order valence-electron chi connectivity index (χ4n) is 3.33. The van der Waals surface area contributed by atoms with Gasteiger partial charge in [-0.25, -0.2) is 4.98 Å². The van der Waals surface area contributed by atoms with Gasteiger partial charge in [0.1, 0.15) is 18.1 Å². The molecular formula is C26H30N2O5. The number of hydrogen-bond donors (Lipinski definition) is 1. The number of carbonyl (C=O) groups is 1. The van der Waals surface area contributed by atoms with Gasteiger partial charge in [-0.3, -0.25) is 4.79 Å². The maximum Gasteiger partial charge on any atom is 0.309 e. The van der Waals surface area contributed by atoms with Crippen LogP contribution in [0.25, 0.3) is 11.5 Å². The third-order valence-corrected chi connectivity index (χ3v) is 5.19. The highest BCUT2D eigenvalue weighted by atomic mass is 16.6. The Hall–Kier alpha value is -3.61. The third kappa shape index (κ3) is 6.94. The number of aliphatic carboxylic acids is 1. The molecule has 1 N–H and O–H groups in total. The molecule has 7 heteroatoms. The molecule has 0 spiro atoms. The van der Waals surface area contributed by atoms with E-state index in [1.165, 1.54) is 0 Å². The fourth-order valence-corrected chi connectivity index (χ4v) is 3.33. The summed E-state index contributed by atoms with van der Waals surface area (Å²) in [6.45, 7) is 6.68. The Morgan fingerprint density at radius 2 is 1.94 bits per heavy atom. The summed E-state index contributed by atoms with van der Waals surface area (Å²) in [5, 5.41) is 13.3. The summed E-state index contributed by atoms with van der Waals surface area (Å²) in [6.07, 6.45) is 1.24. The van der Waals surface area contributed by atoms with Gasteiger partial charge in [-0.2, -0.15) is 0 Å². The van der Waals surface area contributed by atoms with Crippen molar-refractivity contribution in [2.24, 2.45) is 5.16 Å². The molecule has 3 rings (SSSR count). The van der Waals surface area contributed by atoms with E-state index in [9.17, 15) is 9.90 Å². The number of carboxylic acid groups (broad SMARTS) is 1. The molecule has 174 valence electrons. The van der Waals surface area contributed by atoms with Gasteiger partial charge in [0.25, 0.3) is 0 Å². The quantitative estimate of drug-likeness (QED) is 0.218. The minimum Gasteiger partial charge on any atom is -0.493 e. The zero-order valence-corrected chi connectivity index (χ0v) is 19.3. The molecule has 0 aliphatic heterocycles. The van der Waals surface area contributed by atoms with Crippen molar-refractivity contribution >= 4 is 11.7 Å². The second kappa shape index (κ2) is 11.9. The SMILES string of the molecule is CCCON=C(CC(=O)O)C(C)c1cccc(OCCc2nc(-c3ccccc3)oc2C)c1. The van der Waals surface area contributed by atoms with Gasteiger partial charge in [0, 0.05) is 17.9 Å². The van der Waals surface area contributed by atoms with Gasteiger partial charge < -0.3 is 19.1 Å². The van der Waals surface area contributed by atoms with Crippen molar-refractivity contribution < 1.29 is 23.9 Å². The van der Waals surface area contributed by atoms with Gasteiger partial charge in [-0.15, -0.1) is 0 Å². The topological polar surface area (TPSA) is 94.2 Å². The first kappa shape index (κ1) is 24.0. The van der Waals surface area contributed by atoms with Crippen LogP contribution in [-0.2, 0) is 16.1 Å². The average Bonchev–Trinajstić information content (AvgIpc) is 3.19. The van der Waals surface area contributed by atoms with E-state index in [2.05, 4.69) is 10.1 Å². The van der Waals surface area contributed by atoms with Crippen LogP contribution in [0.15, 0.2) is 64.2 Å². The van der Waals surface area contributed by atoms with Crippen molar-refractivity contribution in [1.82, 2.24) is 4.98 Å². The van der Waals surface area contributed by atoms with Crippen LogP contribution in [0, 0.1) is 6.92 Å². The van der Waals surface area contributed by atoms with Gasteiger partial charge >= 0.3 is 5.97 Å². The number of carboxylic acids is 1. The summed E-state index contributed by atoms with van der Waals surface area (Å²) in [5.74, 6) is 0.933. The summed E-state index contributed by atoms with van der Waals surface area (Å²) in [7, 11) is 0. The minimum atomic E-state index is -0.939. The lowest BCUT2D eigenvalue weighted by atomic mass is 9.94. The predicted molar refractivity (Wildman–Crippen MR) is 127 cm³/mol. The van der Waals surface area contributed by atoms with E-state index in [1.807, 2.05) is 75.4 Å². The lowest BCUT2D eigenvalue weighted by Crippen LogP contribution is -2.15. The summed E-state index contributed by atoms with van der Waals surface area (Å²) in [4.78, 5) is 21.1. The van der Waals surface area contributed by atoms with Crippen molar-refractivity contribution in [3.05, 3.63) is 71.6 Å². The van der Waals surface area contributed by atoms with Crippen LogP contribution in [0.3, 0.4) is 0 Å². The molecule has 1 unspecified atom stereocenters. The molecule has 0 aliphatic rings. The van der Waals surface area contributed by atoms with Gasteiger partial charge in [0.05, 0.1) is 24.4 Å². The number of benzene rings is 2. The summed E-state index contributed by atoms with van der Waals surface area (Å²) < 4.78 is 11.8. The Morgan fingerprint density at radius 3 is 2.67 bits per heavy atom. The molecule has 2 aromatic carbocycles. The molecule has 3 aromatic rings. The van der Waals surface area contributed by atoms with E-state index in [1.54, 1.807) is 0 Å². The lowest BCUT2D eigenvalue weighted by Gasteiger charge is -2.15. The van der Waals surface area contributed by atoms with Crippen molar-refractivity contribution in [3.63, 3.8) is 0 Å². The number of nitrogens with zero attached hydrogens (tertiary/aromatic N) is 2. The van der Waals surface area contributed by atoms with Crippen LogP contribution < -0.4 is 4.74 Å².